The molecule has 2 aromatic rings. The van der Waals surface area contributed by atoms with Gasteiger partial charge in [-0.25, -0.2) is 13.1 Å². The van der Waals surface area contributed by atoms with E-state index in [9.17, 15) is 8.42 Å². The van der Waals surface area contributed by atoms with Crippen LogP contribution in [0.15, 0.2) is 53.5 Å². The van der Waals surface area contributed by atoms with Gasteiger partial charge in [-0.15, -0.1) is 0 Å². The van der Waals surface area contributed by atoms with Crippen LogP contribution in [-0.4, -0.2) is 47.4 Å². The van der Waals surface area contributed by atoms with E-state index in [1.165, 1.54) is 0 Å². The van der Waals surface area contributed by atoms with Gasteiger partial charge in [0, 0.05) is 31.7 Å². The first-order valence-electron chi connectivity index (χ1n) is 9.21. The van der Waals surface area contributed by atoms with Gasteiger partial charge in [0.1, 0.15) is 5.75 Å². The van der Waals surface area contributed by atoms with Gasteiger partial charge in [-0.3, -0.25) is 4.99 Å². The average molecular weight is 439 g/mol. The highest BCUT2D eigenvalue weighted by Gasteiger charge is 2.10. The molecule has 0 spiro atoms. The van der Waals surface area contributed by atoms with E-state index in [-0.39, 0.29) is 18.8 Å². The van der Waals surface area contributed by atoms with Gasteiger partial charge >= 0.3 is 0 Å². The molecule has 0 unspecified atom stereocenters. The molecule has 0 fully saturated rings. The first kappa shape index (κ1) is 23.0. The minimum absolute atomic E-state index is 0.0508. The first-order valence-corrected chi connectivity index (χ1v) is 11.2. The lowest BCUT2D eigenvalue weighted by molar-refractivity contribution is 0.414. The minimum Gasteiger partial charge on any atom is -0.497 e. The van der Waals surface area contributed by atoms with E-state index >= 15 is 0 Å². The Morgan fingerprint density at radius 2 is 1.83 bits per heavy atom. The maximum atomic E-state index is 12.1. The highest BCUT2D eigenvalue weighted by Crippen LogP contribution is 2.22. The van der Waals surface area contributed by atoms with E-state index in [2.05, 4.69) is 20.3 Å². The van der Waals surface area contributed by atoms with Gasteiger partial charge in [-0.1, -0.05) is 48.0 Å². The van der Waals surface area contributed by atoms with Crippen LogP contribution in [0.3, 0.4) is 0 Å². The molecule has 0 atom stereocenters. The number of rotatable bonds is 10. The van der Waals surface area contributed by atoms with Crippen LogP contribution in [0.2, 0.25) is 5.02 Å². The molecule has 0 radical (unpaired) electrons. The Balaban J connectivity index is 1.71. The molecule has 29 heavy (non-hydrogen) atoms. The molecule has 7 nitrogen and oxygen atoms in total. The normalized spacial score (nSPS) is 11.9. The molecule has 3 N–H and O–H groups in total. The summed E-state index contributed by atoms with van der Waals surface area (Å²) in [4.78, 5) is 4.11. The highest BCUT2D eigenvalue weighted by molar-refractivity contribution is 7.89. The van der Waals surface area contributed by atoms with E-state index in [0.717, 1.165) is 11.1 Å². The summed E-state index contributed by atoms with van der Waals surface area (Å²) in [7, 11) is -0.150. The van der Waals surface area contributed by atoms with Crippen LogP contribution in [0.25, 0.3) is 0 Å². The summed E-state index contributed by atoms with van der Waals surface area (Å²) in [6.45, 7) is 1.12. The standard InChI is InChI=1S/C20H27ClN4O3S/c1-22-20(23-11-10-17-8-9-18(28-2)14-19(17)21)24-12-13-29(26,27)25-15-16-6-4-3-5-7-16/h3-9,14,25H,10-13,15H2,1-2H3,(H2,22,23,24). The molecule has 0 aromatic heterocycles. The van der Waals surface area contributed by atoms with Crippen molar-refractivity contribution < 1.29 is 13.2 Å². The smallest absolute Gasteiger partial charge is 0.213 e. The molecule has 0 aliphatic carbocycles. The molecule has 0 amide bonds. The lowest BCUT2D eigenvalue weighted by Gasteiger charge is -2.13. The number of hydrogen-bond donors (Lipinski definition) is 3. The van der Waals surface area contributed by atoms with E-state index in [1.54, 1.807) is 20.2 Å². The number of nitrogens with zero attached hydrogens (tertiary/aromatic N) is 1. The quantitative estimate of drug-likeness (QED) is 0.390. The summed E-state index contributed by atoms with van der Waals surface area (Å²) < 4.78 is 32.0. The van der Waals surface area contributed by atoms with E-state index in [0.29, 0.717) is 29.7 Å². The third-order valence-corrected chi connectivity index (χ3v) is 5.85. The fourth-order valence-corrected chi connectivity index (χ4v) is 3.73. The summed E-state index contributed by atoms with van der Waals surface area (Å²) in [6.07, 6.45) is 0.695. The van der Waals surface area contributed by atoms with Gasteiger partial charge in [-0.2, -0.15) is 0 Å². The Kier molecular flexibility index (Phi) is 9.24. The largest absolute Gasteiger partial charge is 0.497 e. The highest BCUT2D eigenvalue weighted by atomic mass is 35.5. The average Bonchev–Trinajstić information content (AvgIpc) is 2.73. The second-order valence-corrected chi connectivity index (χ2v) is 8.59. The molecule has 9 heteroatoms. The summed E-state index contributed by atoms with van der Waals surface area (Å²) >= 11 is 6.24. The molecule has 0 saturated carbocycles. The van der Waals surface area contributed by atoms with Gasteiger partial charge in [0.25, 0.3) is 0 Å². The second kappa shape index (κ2) is 11.6. The molecule has 0 saturated heterocycles. The van der Waals surface area contributed by atoms with Crippen LogP contribution in [0.4, 0.5) is 0 Å². The monoisotopic (exact) mass is 438 g/mol. The predicted molar refractivity (Wildman–Crippen MR) is 118 cm³/mol. The Morgan fingerprint density at radius 3 is 2.48 bits per heavy atom. The number of ether oxygens (including phenoxy) is 1. The number of guanidine groups is 1. The van der Waals surface area contributed by atoms with Crippen molar-refractivity contribution in [3.63, 3.8) is 0 Å². The van der Waals surface area contributed by atoms with Crippen LogP contribution in [0, 0.1) is 0 Å². The van der Waals surface area contributed by atoms with Crippen LogP contribution in [0.1, 0.15) is 11.1 Å². The molecule has 2 aromatic carbocycles. The number of aliphatic imine (C=N–C) groups is 1. The number of benzene rings is 2. The fourth-order valence-electron chi connectivity index (χ4n) is 2.56. The summed E-state index contributed by atoms with van der Waals surface area (Å²) in [6, 6.07) is 15.0. The van der Waals surface area contributed by atoms with Crippen molar-refractivity contribution in [2.75, 3.05) is 33.0 Å². The van der Waals surface area contributed by atoms with Gasteiger partial charge in [-0.05, 0) is 29.7 Å². The third-order valence-electron chi connectivity index (χ3n) is 4.17. The van der Waals surface area contributed by atoms with Crippen molar-refractivity contribution in [2.24, 2.45) is 4.99 Å². The van der Waals surface area contributed by atoms with Crippen LogP contribution < -0.4 is 20.1 Å². The zero-order valence-corrected chi connectivity index (χ0v) is 18.2. The van der Waals surface area contributed by atoms with Gasteiger partial charge < -0.3 is 15.4 Å². The summed E-state index contributed by atoms with van der Waals surface area (Å²) in [5.74, 6) is 1.20. The molecule has 0 bridgehead atoms. The predicted octanol–water partition coefficient (Wildman–Crippen LogP) is 2.18. The number of hydrogen-bond acceptors (Lipinski definition) is 4. The van der Waals surface area contributed by atoms with Gasteiger partial charge in [0.2, 0.25) is 10.0 Å². The van der Waals surface area contributed by atoms with Crippen molar-refractivity contribution in [1.82, 2.24) is 15.4 Å². The molecule has 0 heterocycles. The van der Waals surface area contributed by atoms with Crippen LogP contribution in [-0.2, 0) is 23.0 Å². The fraction of sp³-hybridized carbons (Fsp3) is 0.350. The van der Waals surface area contributed by atoms with Crippen LogP contribution >= 0.6 is 11.6 Å². The SMILES string of the molecule is CN=C(NCCc1ccc(OC)cc1Cl)NCCS(=O)(=O)NCc1ccccc1. The third kappa shape index (κ3) is 8.31. The maximum absolute atomic E-state index is 12.1. The lowest BCUT2D eigenvalue weighted by Crippen LogP contribution is -2.41. The van der Waals surface area contributed by atoms with Crippen molar-refractivity contribution in [3.05, 3.63) is 64.7 Å². The van der Waals surface area contributed by atoms with Crippen molar-refractivity contribution in [1.29, 1.82) is 0 Å². The Labute approximate surface area is 177 Å². The number of methoxy groups -OCH3 is 1. The summed E-state index contributed by atoms with van der Waals surface area (Å²) in [5.41, 5.74) is 1.90. The number of sulfonamides is 1. The molecule has 0 aliphatic rings. The van der Waals surface area contributed by atoms with E-state index in [1.807, 2.05) is 42.5 Å². The van der Waals surface area contributed by atoms with Crippen LogP contribution in [0.5, 0.6) is 5.75 Å². The van der Waals surface area contributed by atoms with Crippen molar-refractivity contribution in [2.45, 2.75) is 13.0 Å². The number of halogens is 1. The zero-order valence-electron chi connectivity index (χ0n) is 16.6. The molecule has 0 aliphatic heterocycles. The Bertz CT molecular complexity index is 905. The maximum Gasteiger partial charge on any atom is 0.213 e. The topological polar surface area (TPSA) is 91.8 Å². The molecular weight excluding hydrogens is 412 g/mol. The van der Waals surface area contributed by atoms with E-state index in [4.69, 9.17) is 16.3 Å². The van der Waals surface area contributed by atoms with Gasteiger partial charge in [0.15, 0.2) is 5.96 Å². The first-order chi connectivity index (χ1) is 13.9. The Hall–Kier alpha value is -2.29. The number of nitrogens with one attached hydrogen (secondary N) is 3. The van der Waals surface area contributed by atoms with E-state index < -0.39 is 10.0 Å². The zero-order chi connectivity index (χ0) is 21.1. The molecular formula is C20H27ClN4O3S. The Morgan fingerprint density at radius 1 is 1.10 bits per heavy atom. The lowest BCUT2D eigenvalue weighted by atomic mass is 10.1. The molecule has 158 valence electrons. The molecule has 2 rings (SSSR count). The summed E-state index contributed by atoms with van der Waals surface area (Å²) in [5, 5.41) is 6.80. The van der Waals surface area contributed by atoms with Crippen molar-refractivity contribution >= 4 is 27.6 Å². The van der Waals surface area contributed by atoms with Gasteiger partial charge in [0.05, 0.1) is 12.9 Å². The minimum atomic E-state index is -3.38. The second-order valence-electron chi connectivity index (χ2n) is 6.26. The van der Waals surface area contributed by atoms with Crippen molar-refractivity contribution in [3.8, 4) is 5.75 Å².